The number of allylic oxidation sites excluding steroid dienone is 4. The fourth-order valence-corrected chi connectivity index (χ4v) is 5.52. The maximum atomic E-state index is 14.3. The van der Waals surface area contributed by atoms with E-state index in [0.29, 0.717) is 11.5 Å². The molecule has 3 aliphatic rings. The molecule has 0 aromatic heterocycles. The Labute approximate surface area is 155 Å². The molecule has 0 bridgehead atoms. The summed E-state index contributed by atoms with van der Waals surface area (Å²) in [7, 11) is 0. The lowest BCUT2D eigenvalue weighted by molar-refractivity contribution is -0.00634. The molecule has 0 aliphatic heterocycles. The zero-order valence-corrected chi connectivity index (χ0v) is 15.8. The molecule has 1 unspecified atom stereocenters. The van der Waals surface area contributed by atoms with Gasteiger partial charge in [0.25, 0.3) is 6.43 Å². The number of rotatable bonds is 5. The van der Waals surface area contributed by atoms with Gasteiger partial charge in [0, 0.05) is 6.42 Å². The molecular weight excluding hydrogens is 340 g/mol. The monoisotopic (exact) mass is 372 g/mol. The highest BCUT2D eigenvalue weighted by Crippen LogP contribution is 2.46. The van der Waals surface area contributed by atoms with Gasteiger partial charge in [-0.3, -0.25) is 0 Å². The van der Waals surface area contributed by atoms with Gasteiger partial charge in [0.05, 0.1) is 0 Å². The molecule has 4 heteroatoms. The molecule has 3 rings (SSSR count). The lowest BCUT2D eigenvalue weighted by Crippen LogP contribution is -2.33. The summed E-state index contributed by atoms with van der Waals surface area (Å²) in [6.07, 6.45) is 10.1. The summed E-state index contributed by atoms with van der Waals surface area (Å²) in [5, 5.41) is 0. The maximum Gasteiger partial charge on any atom is 0.276 e. The summed E-state index contributed by atoms with van der Waals surface area (Å²) in [4.78, 5) is 0. The van der Waals surface area contributed by atoms with Crippen LogP contribution in [0.15, 0.2) is 23.6 Å². The summed E-state index contributed by atoms with van der Waals surface area (Å²) >= 11 is 0. The van der Waals surface area contributed by atoms with Gasteiger partial charge in [0.1, 0.15) is 5.83 Å². The van der Waals surface area contributed by atoms with E-state index in [-0.39, 0.29) is 5.92 Å². The first kappa shape index (κ1) is 19.9. The number of hydrogen-bond donors (Lipinski definition) is 0. The third-order valence-electron chi connectivity index (χ3n) is 7.03. The van der Waals surface area contributed by atoms with Crippen molar-refractivity contribution in [2.45, 2.75) is 89.6 Å². The van der Waals surface area contributed by atoms with E-state index in [9.17, 15) is 17.6 Å². The normalized spacial score (nSPS) is 38.8. The Bertz CT molecular complexity index is 522. The zero-order valence-electron chi connectivity index (χ0n) is 15.8. The third-order valence-corrected chi connectivity index (χ3v) is 7.03. The predicted octanol–water partition coefficient (Wildman–Crippen LogP) is 7.56. The quantitative estimate of drug-likeness (QED) is 0.437. The van der Waals surface area contributed by atoms with Crippen molar-refractivity contribution >= 4 is 0 Å². The van der Waals surface area contributed by atoms with Crippen LogP contribution in [0, 0.1) is 23.7 Å². The number of alkyl halides is 3. The van der Waals surface area contributed by atoms with E-state index in [1.807, 2.05) is 0 Å². The summed E-state index contributed by atoms with van der Waals surface area (Å²) in [6, 6.07) is 0. The van der Waals surface area contributed by atoms with E-state index >= 15 is 0 Å². The topological polar surface area (TPSA) is 0 Å². The van der Waals surface area contributed by atoms with Crippen LogP contribution in [0.4, 0.5) is 17.6 Å². The fourth-order valence-electron chi connectivity index (χ4n) is 5.52. The summed E-state index contributed by atoms with van der Waals surface area (Å²) in [5.74, 6) is 1.68. The Kier molecular flexibility index (Phi) is 6.50. The van der Waals surface area contributed by atoms with Crippen molar-refractivity contribution in [1.82, 2.24) is 0 Å². The SMILES string of the molecule is CCCC1CCC(C2CCC(C3=CC(F)(C(F)F)CC(F)=C3)CC2)CC1. The van der Waals surface area contributed by atoms with Gasteiger partial charge in [0.15, 0.2) is 5.67 Å². The van der Waals surface area contributed by atoms with Crippen molar-refractivity contribution < 1.29 is 17.6 Å². The van der Waals surface area contributed by atoms with Gasteiger partial charge in [-0.1, -0.05) is 32.6 Å². The molecule has 0 heterocycles. The van der Waals surface area contributed by atoms with Gasteiger partial charge in [-0.2, -0.15) is 0 Å². The molecule has 0 saturated heterocycles. The lowest BCUT2D eigenvalue weighted by atomic mass is 9.67. The average molecular weight is 372 g/mol. The van der Waals surface area contributed by atoms with Crippen molar-refractivity contribution in [3.05, 3.63) is 23.6 Å². The van der Waals surface area contributed by atoms with Gasteiger partial charge >= 0.3 is 0 Å². The first-order valence-corrected chi connectivity index (χ1v) is 10.5. The summed E-state index contributed by atoms with van der Waals surface area (Å²) < 4.78 is 54.1. The van der Waals surface area contributed by atoms with Crippen LogP contribution < -0.4 is 0 Å². The van der Waals surface area contributed by atoms with E-state index in [1.165, 1.54) is 44.6 Å². The Morgan fingerprint density at radius 1 is 1.00 bits per heavy atom. The first-order valence-electron chi connectivity index (χ1n) is 10.5. The van der Waals surface area contributed by atoms with Crippen molar-refractivity contribution in [2.75, 3.05) is 0 Å². The van der Waals surface area contributed by atoms with Crippen LogP contribution in [0.1, 0.15) is 77.6 Å². The molecule has 0 nitrogen and oxygen atoms in total. The molecule has 2 saturated carbocycles. The van der Waals surface area contributed by atoms with Gasteiger partial charge in [-0.15, -0.1) is 0 Å². The van der Waals surface area contributed by atoms with Crippen LogP contribution in [0.5, 0.6) is 0 Å². The van der Waals surface area contributed by atoms with Crippen LogP contribution in [-0.4, -0.2) is 12.1 Å². The van der Waals surface area contributed by atoms with Gasteiger partial charge in [0.2, 0.25) is 0 Å². The second kappa shape index (κ2) is 8.48. The minimum Gasteiger partial charge on any atom is -0.232 e. The molecular formula is C22H32F4. The second-order valence-corrected chi connectivity index (χ2v) is 8.82. The third kappa shape index (κ3) is 4.54. The predicted molar refractivity (Wildman–Crippen MR) is 97.5 cm³/mol. The Morgan fingerprint density at radius 2 is 1.58 bits per heavy atom. The zero-order chi connectivity index (χ0) is 18.7. The Balaban J connectivity index is 1.55. The van der Waals surface area contributed by atoms with Crippen molar-refractivity contribution in [1.29, 1.82) is 0 Å². The molecule has 0 N–H and O–H groups in total. The standard InChI is InChI=1S/C22H32F4/c1-2-3-15-4-6-16(7-5-15)17-8-10-18(11-9-17)19-12-20(23)14-22(26,13-19)21(24)25/h12-13,15-18,21H,2-11,14H2,1H3. The van der Waals surface area contributed by atoms with Gasteiger partial charge < -0.3 is 0 Å². The molecule has 0 aromatic carbocycles. The molecule has 0 aromatic rings. The molecule has 148 valence electrons. The number of halogens is 4. The molecule has 3 aliphatic carbocycles. The van der Waals surface area contributed by atoms with Crippen LogP contribution >= 0.6 is 0 Å². The molecule has 0 radical (unpaired) electrons. The largest absolute Gasteiger partial charge is 0.276 e. The minimum absolute atomic E-state index is 0.0302. The Hall–Kier alpha value is -0.800. The van der Waals surface area contributed by atoms with E-state index in [0.717, 1.165) is 43.6 Å². The molecule has 0 spiro atoms. The van der Waals surface area contributed by atoms with Gasteiger partial charge in [-0.25, -0.2) is 17.6 Å². The minimum atomic E-state index is -3.17. The van der Waals surface area contributed by atoms with E-state index < -0.39 is 24.3 Å². The van der Waals surface area contributed by atoms with Gasteiger partial charge in [-0.05, 0) is 79.9 Å². The molecule has 1 atom stereocenters. The van der Waals surface area contributed by atoms with Crippen LogP contribution in [0.25, 0.3) is 0 Å². The van der Waals surface area contributed by atoms with Crippen molar-refractivity contribution in [2.24, 2.45) is 23.7 Å². The van der Waals surface area contributed by atoms with Crippen LogP contribution in [-0.2, 0) is 0 Å². The fraction of sp³-hybridized carbons (Fsp3) is 0.818. The van der Waals surface area contributed by atoms with Crippen molar-refractivity contribution in [3.63, 3.8) is 0 Å². The molecule has 0 amide bonds. The molecule has 2 fully saturated rings. The highest BCUT2D eigenvalue weighted by molar-refractivity contribution is 5.34. The van der Waals surface area contributed by atoms with E-state index in [2.05, 4.69) is 6.92 Å². The summed E-state index contributed by atoms with van der Waals surface area (Å²) in [5.41, 5.74) is -2.37. The average Bonchev–Trinajstić information content (AvgIpc) is 2.62. The molecule has 26 heavy (non-hydrogen) atoms. The van der Waals surface area contributed by atoms with Crippen LogP contribution in [0.3, 0.4) is 0 Å². The van der Waals surface area contributed by atoms with Crippen molar-refractivity contribution in [3.8, 4) is 0 Å². The Morgan fingerprint density at radius 3 is 2.12 bits per heavy atom. The lowest BCUT2D eigenvalue weighted by Gasteiger charge is -2.39. The first-order chi connectivity index (χ1) is 12.4. The smallest absolute Gasteiger partial charge is 0.232 e. The van der Waals surface area contributed by atoms with Crippen LogP contribution in [0.2, 0.25) is 0 Å². The van der Waals surface area contributed by atoms with E-state index in [4.69, 9.17) is 0 Å². The maximum absolute atomic E-state index is 14.3. The number of hydrogen-bond acceptors (Lipinski definition) is 0. The second-order valence-electron chi connectivity index (χ2n) is 8.82. The van der Waals surface area contributed by atoms with E-state index in [1.54, 1.807) is 0 Å². The summed E-state index contributed by atoms with van der Waals surface area (Å²) in [6.45, 7) is 2.25. The highest BCUT2D eigenvalue weighted by atomic mass is 19.3. The highest BCUT2D eigenvalue weighted by Gasteiger charge is 2.43.